The lowest BCUT2D eigenvalue weighted by Gasteiger charge is -2.02. The lowest BCUT2D eigenvalue weighted by atomic mass is 10.0. The van der Waals surface area contributed by atoms with Crippen LogP contribution in [-0.2, 0) is 9.59 Å². The first-order chi connectivity index (χ1) is 13.8. The Morgan fingerprint density at radius 2 is 1.21 bits per heavy atom. The quantitative estimate of drug-likeness (QED) is 0.0651. The monoisotopic (exact) mass is 389 g/mol. The van der Waals surface area contributed by atoms with E-state index < -0.39 is 0 Å². The van der Waals surface area contributed by atoms with Crippen LogP contribution in [0.15, 0.2) is 23.8 Å². The minimum absolute atomic E-state index is 0.0168. The zero-order chi connectivity index (χ0) is 20.7. The normalized spacial score (nSPS) is 12.0. The standard InChI is InChI=1S/C26H45O2/c1-3-5-7-9-11-13-15-16-18-20-22-25(24-27)26(28)23-21-19-17-14-12-10-8-6-4-2/h6,8,22H,3-5,7,9-21,23H2,1-2H3/b8-6?,25-22-. The third kappa shape index (κ3) is 18.2. The molecule has 2 nitrogen and oxygen atoms in total. The maximum absolute atomic E-state index is 12.1. The van der Waals surface area contributed by atoms with Crippen LogP contribution in [0.3, 0.4) is 0 Å². The molecule has 0 fully saturated rings. The Labute approximate surface area is 175 Å². The van der Waals surface area contributed by atoms with Crippen LogP contribution in [0.25, 0.3) is 0 Å². The minimum Gasteiger partial charge on any atom is -0.294 e. The number of carbonyl (C=O) groups is 1. The van der Waals surface area contributed by atoms with Crippen molar-refractivity contribution in [2.75, 3.05) is 0 Å². The second-order valence-corrected chi connectivity index (χ2v) is 7.95. The van der Waals surface area contributed by atoms with Gasteiger partial charge in [0.2, 0.25) is 6.29 Å². The van der Waals surface area contributed by atoms with Gasteiger partial charge >= 0.3 is 0 Å². The number of rotatable bonds is 21. The maximum atomic E-state index is 12.1. The molecular weight excluding hydrogens is 344 g/mol. The summed E-state index contributed by atoms with van der Waals surface area (Å²) in [7, 11) is 0. The molecule has 0 aliphatic rings. The van der Waals surface area contributed by atoms with Gasteiger partial charge in [-0.25, -0.2) is 0 Å². The fourth-order valence-electron chi connectivity index (χ4n) is 3.41. The van der Waals surface area contributed by atoms with Crippen molar-refractivity contribution in [3.8, 4) is 0 Å². The Balaban J connectivity index is 3.65. The average molecular weight is 390 g/mol. The van der Waals surface area contributed by atoms with Gasteiger partial charge in [0.15, 0.2) is 5.78 Å². The van der Waals surface area contributed by atoms with Gasteiger partial charge in [-0.2, -0.15) is 0 Å². The molecule has 0 amide bonds. The van der Waals surface area contributed by atoms with Crippen molar-refractivity contribution in [1.29, 1.82) is 0 Å². The second kappa shape index (κ2) is 22.1. The van der Waals surface area contributed by atoms with Crippen LogP contribution < -0.4 is 0 Å². The van der Waals surface area contributed by atoms with Crippen molar-refractivity contribution >= 4 is 12.1 Å². The third-order valence-electron chi connectivity index (χ3n) is 5.24. The first-order valence-corrected chi connectivity index (χ1v) is 12.0. The van der Waals surface area contributed by atoms with Gasteiger partial charge in [-0.1, -0.05) is 103 Å². The van der Waals surface area contributed by atoms with Crippen LogP contribution in [0.5, 0.6) is 0 Å². The first-order valence-electron chi connectivity index (χ1n) is 12.0. The Hall–Kier alpha value is -1.18. The van der Waals surface area contributed by atoms with Gasteiger partial charge in [0.05, 0.1) is 5.57 Å². The summed E-state index contributed by atoms with van der Waals surface area (Å²) in [5.41, 5.74) is 0.282. The van der Waals surface area contributed by atoms with E-state index in [-0.39, 0.29) is 11.4 Å². The summed E-state index contributed by atoms with van der Waals surface area (Å²) in [6.07, 6.45) is 29.0. The molecule has 0 aromatic rings. The molecule has 161 valence electrons. The van der Waals surface area contributed by atoms with Gasteiger partial charge in [-0.3, -0.25) is 9.59 Å². The number of Topliss-reactive ketones (excluding diaryl/α,β-unsaturated/α-hetero) is 1. The minimum atomic E-state index is -0.0168. The van der Waals surface area contributed by atoms with Crippen molar-refractivity contribution in [3.63, 3.8) is 0 Å². The largest absolute Gasteiger partial charge is 0.294 e. The zero-order valence-corrected chi connectivity index (χ0v) is 18.8. The lowest BCUT2D eigenvalue weighted by molar-refractivity contribution is -0.115. The molecule has 0 aromatic carbocycles. The van der Waals surface area contributed by atoms with Crippen LogP contribution in [0, 0.1) is 0 Å². The van der Waals surface area contributed by atoms with Crippen LogP contribution in [0.4, 0.5) is 0 Å². The zero-order valence-electron chi connectivity index (χ0n) is 18.8. The summed E-state index contributed by atoms with van der Waals surface area (Å²) in [4.78, 5) is 23.2. The number of carbonyl (C=O) groups excluding carboxylic acids is 2. The third-order valence-corrected chi connectivity index (χ3v) is 5.24. The molecule has 0 unspecified atom stereocenters. The molecule has 28 heavy (non-hydrogen) atoms. The number of ketones is 1. The molecule has 0 aliphatic carbocycles. The Kier molecular flexibility index (Phi) is 21.2. The number of unbranched alkanes of at least 4 members (excludes halogenated alkanes) is 14. The van der Waals surface area contributed by atoms with Gasteiger partial charge in [0.1, 0.15) is 0 Å². The molecule has 0 spiro atoms. The predicted molar refractivity (Wildman–Crippen MR) is 122 cm³/mol. The highest BCUT2D eigenvalue weighted by atomic mass is 16.1. The van der Waals surface area contributed by atoms with E-state index in [9.17, 15) is 9.59 Å². The molecule has 0 N–H and O–H groups in total. The summed E-state index contributed by atoms with van der Waals surface area (Å²) in [5.74, 6) is -0.0168. The molecular formula is C26H45O2. The Morgan fingerprint density at radius 1 is 0.679 bits per heavy atom. The maximum Gasteiger partial charge on any atom is 0.236 e. The molecule has 1 radical (unpaired) electrons. The summed E-state index contributed by atoms with van der Waals surface area (Å²) in [6, 6.07) is 0. The van der Waals surface area contributed by atoms with Crippen molar-refractivity contribution in [2.24, 2.45) is 0 Å². The van der Waals surface area contributed by atoms with Crippen LogP contribution >= 0.6 is 0 Å². The molecule has 0 atom stereocenters. The average Bonchev–Trinajstić information content (AvgIpc) is 2.70. The van der Waals surface area contributed by atoms with Crippen LogP contribution in [0.2, 0.25) is 0 Å². The van der Waals surface area contributed by atoms with Gasteiger partial charge in [-0.05, 0) is 38.5 Å². The van der Waals surface area contributed by atoms with E-state index in [4.69, 9.17) is 0 Å². The van der Waals surface area contributed by atoms with E-state index in [0.29, 0.717) is 6.42 Å². The highest BCUT2D eigenvalue weighted by Crippen LogP contribution is 2.13. The van der Waals surface area contributed by atoms with Crippen molar-refractivity contribution < 1.29 is 9.59 Å². The molecule has 0 bridgehead atoms. The lowest BCUT2D eigenvalue weighted by Crippen LogP contribution is -2.03. The van der Waals surface area contributed by atoms with Crippen molar-refractivity contribution in [2.45, 2.75) is 129 Å². The first kappa shape index (κ1) is 26.8. The molecule has 2 heteroatoms. The molecule has 0 aromatic heterocycles. The van der Waals surface area contributed by atoms with Crippen molar-refractivity contribution in [3.05, 3.63) is 23.8 Å². The highest BCUT2D eigenvalue weighted by Gasteiger charge is 2.08. The van der Waals surface area contributed by atoms with Gasteiger partial charge in [0.25, 0.3) is 0 Å². The number of hydrogen-bond donors (Lipinski definition) is 0. The molecule has 0 aliphatic heterocycles. The van der Waals surface area contributed by atoms with E-state index >= 15 is 0 Å². The van der Waals surface area contributed by atoms with E-state index in [1.807, 2.05) is 12.4 Å². The fraction of sp³-hybridized carbons (Fsp3) is 0.769. The van der Waals surface area contributed by atoms with E-state index in [0.717, 1.165) is 32.1 Å². The second-order valence-electron chi connectivity index (χ2n) is 7.95. The Morgan fingerprint density at radius 3 is 1.79 bits per heavy atom. The topological polar surface area (TPSA) is 34.1 Å². The number of hydrogen-bond acceptors (Lipinski definition) is 2. The predicted octanol–water partition coefficient (Wildman–Crippen LogP) is 8.21. The summed E-state index contributed by atoms with van der Waals surface area (Å²) >= 11 is 0. The smallest absolute Gasteiger partial charge is 0.236 e. The molecule has 0 saturated heterocycles. The van der Waals surface area contributed by atoms with E-state index in [1.54, 1.807) is 0 Å². The Bertz CT molecular complexity index is 420. The van der Waals surface area contributed by atoms with Crippen LogP contribution in [0.1, 0.15) is 129 Å². The SMILES string of the molecule is CCC=CCCCCCCCC(=O)/C([C]=O)=C\CCCCCCCCCCC. The summed E-state index contributed by atoms with van der Waals surface area (Å²) < 4.78 is 0. The van der Waals surface area contributed by atoms with Gasteiger partial charge in [0, 0.05) is 6.42 Å². The molecule has 0 saturated carbocycles. The molecule has 0 heterocycles. The summed E-state index contributed by atoms with van der Waals surface area (Å²) in [6.45, 7) is 4.40. The fourth-order valence-corrected chi connectivity index (χ4v) is 3.41. The molecule has 0 rings (SSSR count). The van der Waals surface area contributed by atoms with Crippen LogP contribution in [-0.4, -0.2) is 12.1 Å². The number of allylic oxidation sites excluding steroid dienone is 4. The van der Waals surface area contributed by atoms with Crippen molar-refractivity contribution in [1.82, 2.24) is 0 Å². The van der Waals surface area contributed by atoms with E-state index in [1.165, 1.54) is 77.0 Å². The van der Waals surface area contributed by atoms with Gasteiger partial charge in [-0.15, -0.1) is 0 Å². The highest BCUT2D eigenvalue weighted by molar-refractivity contribution is 6.11. The van der Waals surface area contributed by atoms with Gasteiger partial charge < -0.3 is 0 Å². The summed E-state index contributed by atoms with van der Waals surface area (Å²) in [5, 5.41) is 0. The van der Waals surface area contributed by atoms with E-state index in [2.05, 4.69) is 26.0 Å².